The number of nitrogens with zero attached hydrogens (tertiary/aromatic N) is 2. The highest BCUT2D eigenvalue weighted by Gasteiger charge is 2.48. The summed E-state index contributed by atoms with van der Waals surface area (Å²) >= 11 is 6.26. The van der Waals surface area contributed by atoms with E-state index in [-0.39, 0.29) is 0 Å². The Hall–Kier alpha value is -1.59. The zero-order chi connectivity index (χ0) is 16.8. The van der Waals surface area contributed by atoms with Crippen LogP contribution in [0.5, 0.6) is 0 Å². The number of hydrogen-bond donors (Lipinski definition) is 0. The summed E-state index contributed by atoms with van der Waals surface area (Å²) < 4.78 is 25.9. The molecule has 23 heavy (non-hydrogen) atoms. The lowest BCUT2D eigenvalue weighted by atomic mass is 9.88. The van der Waals surface area contributed by atoms with Gasteiger partial charge in [-0.3, -0.25) is 9.30 Å². The number of hydrogen-bond acceptors (Lipinski definition) is 3. The molecule has 6 heteroatoms. The highest BCUT2D eigenvalue weighted by molar-refractivity contribution is 7.88. The third-order valence-electron chi connectivity index (χ3n) is 4.41. The minimum absolute atomic E-state index is 0.428. The fourth-order valence-corrected chi connectivity index (χ4v) is 4.53. The summed E-state index contributed by atoms with van der Waals surface area (Å²) in [6.45, 7) is 4.37. The summed E-state index contributed by atoms with van der Waals surface area (Å²) in [4.78, 5) is 4.78. The van der Waals surface area contributed by atoms with Crippen molar-refractivity contribution in [2.75, 3.05) is 12.8 Å². The normalized spacial score (nSPS) is 26.1. The van der Waals surface area contributed by atoms with Crippen molar-refractivity contribution in [1.29, 1.82) is 0 Å². The molecule has 0 unspecified atom stereocenters. The Kier molecular flexibility index (Phi) is 3.89. The maximum Gasteiger partial charge on any atom is 0.232 e. The lowest BCUT2D eigenvalue weighted by Gasteiger charge is -2.27. The van der Waals surface area contributed by atoms with Crippen LogP contribution in [-0.2, 0) is 10.0 Å². The molecule has 0 radical (unpaired) electrons. The maximum absolute atomic E-state index is 12.2. The molecule has 0 N–H and O–H groups in total. The first-order valence-electron chi connectivity index (χ1n) is 7.44. The van der Waals surface area contributed by atoms with Gasteiger partial charge in [0.15, 0.2) is 0 Å². The zero-order valence-electron chi connectivity index (χ0n) is 13.4. The van der Waals surface area contributed by atoms with Gasteiger partial charge in [0.1, 0.15) is 5.54 Å². The summed E-state index contributed by atoms with van der Waals surface area (Å²) in [6.07, 6.45) is 5.76. The smallest absolute Gasteiger partial charge is 0.232 e. The van der Waals surface area contributed by atoms with E-state index in [1.54, 1.807) is 6.07 Å². The predicted molar refractivity (Wildman–Crippen MR) is 95.2 cm³/mol. The zero-order valence-corrected chi connectivity index (χ0v) is 14.9. The van der Waals surface area contributed by atoms with Crippen LogP contribution in [0, 0.1) is 0 Å². The van der Waals surface area contributed by atoms with Crippen molar-refractivity contribution in [2.24, 2.45) is 4.99 Å². The van der Waals surface area contributed by atoms with Crippen LogP contribution in [0.25, 0.3) is 6.08 Å². The highest BCUT2D eigenvalue weighted by atomic mass is 35.5. The van der Waals surface area contributed by atoms with Gasteiger partial charge in [-0.05, 0) is 43.2 Å². The molecule has 0 aliphatic carbocycles. The summed E-state index contributed by atoms with van der Waals surface area (Å²) in [7, 11) is -3.36. The lowest BCUT2D eigenvalue weighted by molar-refractivity contribution is 0.515. The molecule has 0 amide bonds. The van der Waals surface area contributed by atoms with Crippen LogP contribution >= 0.6 is 11.6 Å². The van der Waals surface area contributed by atoms with Crippen molar-refractivity contribution in [3.8, 4) is 0 Å². The van der Waals surface area contributed by atoms with E-state index in [1.807, 2.05) is 44.2 Å². The molecule has 122 valence electrons. The van der Waals surface area contributed by atoms with Gasteiger partial charge >= 0.3 is 0 Å². The molecule has 0 aromatic heterocycles. The van der Waals surface area contributed by atoms with Crippen LogP contribution in [0.2, 0.25) is 5.02 Å². The van der Waals surface area contributed by atoms with Gasteiger partial charge < -0.3 is 0 Å². The average molecular weight is 351 g/mol. The van der Waals surface area contributed by atoms with Gasteiger partial charge in [-0.15, -0.1) is 0 Å². The number of halogens is 1. The molecular formula is C17H19ClN2O2S. The van der Waals surface area contributed by atoms with Crippen LogP contribution in [0.3, 0.4) is 0 Å². The molecule has 0 saturated carbocycles. The first kappa shape index (κ1) is 16.3. The topological polar surface area (TPSA) is 49.7 Å². The number of rotatable bonds is 2. The second kappa shape index (κ2) is 5.49. The fraction of sp³-hybridized carbons (Fsp3) is 0.353. The van der Waals surface area contributed by atoms with Crippen molar-refractivity contribution >= 4 is 33.4 Å². The van der Waals surface area contributed by atoms with E-state index in [0.29, 0.717) is 23.7 Å². The van der Waals surface area contributed by atoms with Crippen LogP contribution in [0.1, 0.15) is 25.8 Å². The number of allylic oxidation sites excluding steroid dienone is 1. The predicted octanol–water partition coefficient (Wildman–Crippen LogP) is 3.51. The Morgan fingerprint density at radius 2 is 2.00 bits per heavy atom. The van der Waals surface area contributed by atoms with Crippen LogP contribution in [0.4, 0.5) is 0 Å². The quantitative estimate of drug-likeness (QED) is 0.819. The molecule has 1 aromatic carbocycles. The Labute approximate surface area is 142 Å². The third kappa shape index (κ3) is 2.72. The monoisotopic (exact) mass is 350 g/mol. The molecule has 0 bridgehead atoms. The largest absolute Gasteiger partial charge is 0.273 e. The van der Waals surface area contributed by atoms with Gasteiger partial charge in [0, 0.05) is 23.7 Å². The lowest BCUT2D eigenvalue weighted by Crippen LogP contribution is -2.32. The van der Waals surface area contributed by atoms with E-state index >= 15 is 0 Å². The van der Waals surface area contributed by atoms with Crippen molar-refractivity contribution < 1.29 is 8.42 Å². The summed E-state index contributed by atoms with van der Waals surface area (Å²) in [5.74, 6) is 0. The fourth-order valence-electron chi connectivity index (χ4n) is 3.36. The Balaban J connectivity index is 2.21. The van der Waals surface area contributed by atoms with E-state index in [1.165, 1.54) is 10.6 Å². The summed E-state index contributed by atoms with van der Waals surface area (Å²) in [6, 6.07) is 7.42. The van der Waals surface area contributed by atoms with Crippen molar-refractivity contribution in [1.82, 2.24) is 4.31 Å². The van der Waals surface area contributed by atoms with E-state index < -0.39 is 15.6 Å². The molecule has 2 aliphatic rings. The maximum atomic E-state index is 12.2. The number of sulfonamides is 1. The molecule has 1 saturated heterocycles. The first-order chi connectivity index (χ1) is 10.7. The van der Waals surface area contributed by atoms with E-state index in [2.05, 4.69) is 0 Å². The molecule has 1 atom stereocenters. The SMILES string of the molecule is CC1=CC(C)=N[C@]12CCN(S(C)(=O)=O)/C2=C/c1ccccc1Cl. The minimum Gasteiger partial charge on any atom is -0.273 e. The van der Waals surface area contributed by atoms with E-state index in [0.717, 1.165) is 16.8 Å². The van der Waals surface area contributed by atoms with Crippen molar-refractivity contribution in [3.63, 3.8) is 0 Å². The van der Waals surface area contributed by atoms with Crippen molar-refractivity contribution in [2.45, 2.75) is 25.8 Å². The average Bonchev–Trinajstić information content (AvgIpc) is 2.94. The first-order valence-corrected chi connectivity index (χ1v) is 9.66. The van der Waals surface area contributed by atoms with E-state index in [4.69, 9.17) is 16.6 Å². The highest BCUT2D eigenvalue weighted by Crippen LogP contribution is 2.46. The standard InChI is InChI=1S/C17H19ClN2O2S/c1-12-10-13(2)19-17(12)8-9-20(23(3,21)22)16(17)11-14-6-4-5-7-15(14)18/h4-7,10-11H,8-9H2,1-3H3/b16-11+/t17-/m1/s1. The molecule has 1 spiro atoms. The molecule has 2 aliphatic heterocycles. The molecule has 1 aromatic rings. The molecule has 1 fully saturated rings. The van der Waals surface area contributed by atoms with Crippen LogP contribution in [-0.4, -0.2) is 36.8 Å². The van der Waals surface area contributed by atoms with Gasteiger partial charge in [-0.1, -0.05) is 29.8 Å². The van der Waals surface area contributed by atoms with Gasteiger partial charge in [0.05, 0.1) is 12.0 Å². The van der Waals surface area contributed by atoms with Gasteiger partial charge in [0.2, 0.25) is 10.0 Å². The van der Waals surface area contributed by atoms with E-state index in [9.17, 15) is 8.42 Å². The second-order valence-corrected chi connectivity index (χ2v) is 8.39. The molecular weight excluding hydrogens is 332 g/mol. The Morgan fingerprint density at radius 1 is 1.30 bits per heavy atom. The van der Waals surface area contributed by atoms with Crippen LogP contribution < -0.4 is 0 Å². The number of benzene rings is 1. The molecule has 3 rings (SSSR count). The third-order valence-corrected chi connectivity index (χ3v) is 5.94. The van der Waals surface area contributed by atoms with Gasteiger partial charge in [-0.25, -0.2) is 8.42 Å². The second-order valence-electron chi connectivity index (χ2n) is 6.08. The van der Waals surface area contributed by atoms with Crippen molar-refractivity contribution in [3.05, 3.63) is 52.2 Å². The van der Waals surface area contributed by atoms with Gasteiger partial charge in [0.25, 0.3) is 0 Å². The van der Waals surface area contributed by atoms with Crippen LogP contribution in [0.15, 0.2) is 46.6 Å². The molecule has 2 heterocycles. The minimum atomic E-state index is -3.36. The summed E-state index contributed by atoms with van der Waals surface area (Å²) in [5, 5.41) is 0.593. The summed E-state index contributed by atoms with van der Waals surface area (Å²) in [5.41, 5.74) is 2.87. The van der Waals surface area contributed by atoms with Gasteiger partial charge in [-0.2, -0.15) is 0 Å². The Bertz CT molecular complexity index is 855. The molecule has 4 nitrogen and oxygen atoms in total. The Morgan fingerprint density at radius 3 is 2.57 bits per heavy atom. The number of aliphatic imine (C=N–C) groups is 1.